The van der Waals surface area contributed by atoms with Gasteiger partial charge >= 0.3 is 0 Å². The normalized spacial score (nSPS) is 15.2. The summed E-state index contributed by atoms with van der Waals surface area (Å²) < 4.78 is 5.64. The van der Waals surface area contributed by atoms with E-state index in [1.54, 1.807) is 17.7 Å². The van der Waals surface area contributed by atoms with Gasteiger partial charge < -0.3 is 9.61 Å². The van der Waals surface area contributed by atoms with Crippen LogP contribution in [0.5, 0.6) is 0 Å². The molecule has 1 N–H and O–H groups in total. The van der Waals surface area contributed by atoms with Crippen LogP contribution in [0.15, 0.2) is 4.99 Å². The summed E-state index contributed by atoms with van der Waals surface area (Å²) in [4.78, 5) is 4.22. The largest absolute Gasteiger partial charge is 0.327 e. The lowest BCUT2D eigenvalue weighted by Gasteiger charge is -2.20. The molecule has 0 bridgehead atoms. The zero-order valence-corrected chi connectivity index (χ0v) is 13.0. The highest BCUT2D eigenvalue weighted by Crippen LogP contribution is 2.55. The summed E-state index contributed by atoms with van der Waals surface area (Å²) in [6.45, 7) is 7.76. The van der Waals surface area contributed by atoms with Gasteiger partial charge in [-0.15, -0.1) is 0 Å². The summed E-state index contributed by atoms with van der Waals surface area (Å²) in [5.74, 6) is 1.06. The van der Waals surface area contributed by atoms with Gasteiger partial charge in [0.2, 0.25) is 5.62 Å². The number of hydrogen-bond acceptors (Lipinski definition) is 4. The molecule has 16 heavy (non-hydrogen) atoms. The first-order chi connectivity index (χ1) is 7.68. The van der Waals surface area contributed by atoms with Crippen LogP contribution >= 0.6 is 17.0 Å². The summed E-state index contributed by atoms with van der Waals surface area (Å²) in [7, 11) is 0. The van der Waals surface area contributed by atoms with E-state index in [2.05, 4.69) is 23.9 Å². The highest BCUT2D eigenvalue weighted by Gasteiger charge is 2.15. The number of nitrogens with zero attached hydrogens (tertiary/aromatic N) is 1. The van der Waals surface area contributed by atoms with Gasteiger partial charge in [-0.2, -0.15) is 0 Å². The SMILES string of the molecule is CCCCSP(=S)(NC=NCCC)OCC. The van der Waals surface area contributed by atoms with Crippen molar-refractivity contribution in [2.75, 3.05) is 18.9 Å². The van der Waals surface area contributed by atoms with E-state index in [1.807, 2.05) is 6.92 Å². The Morgan fingerprint density at radius 2 is 2.12 bits per heavy atom. The lowest BCUT2D eigenvalue weighted by atomic mass is 10.4. The molecule has 0 rings (SSSR count). The van der Waals surface area contributed by atoms with E-state index in [1.165, 1.54) is 12.8 Å². The molecule has 0 saturated carbocycles. The highest BCUT2D eigenvalue weighted by atomic mass is 32.9. The number of aliphatic imine (C=N–C) groups is 1. The van der Waals surface area contributed by atoms with E-state index in [0.29, 0.717) is 6.61 Å². The number of hydrogen-bond donors (Lipinski definition) is 1. The molecule has 0 aromatic rings. The highest BCUT2D eigenvalue weighted by molar-refractivity contribution is 8.68. The fraction of sp³-hybridized carbons (Fsp3) is 0.900. The van der Waals surface area contributed by atoms with Crippen LogP contribution in [-0.2, 0) is 16.3 Å². The van der Waals surface area contributed by atoms with Crippen LogP contribution in [0.1, 0.15) is 40.0 Å². The molecule has 0 aliphatic heterocycles. The van der Waals surface area contributed by atoms with Gasteiger partial charge in [-0.05, 0) is 31.6 Å². The molecule has 0 fully saturated rings. The van der Waals surface area contributed by atoms with Gasteiger partial charge in [0.05, 0.1) is 12.9 Å². The average molecular weight is 282 g/mol. The maximum Gasteiger partial charge on any atom is 0.211 e. The zero-order valence-electron chi connectivity index (χ0n) is 10.4. The zero-order chi connectivity index (χ0) is 12.3. The maximum absolute atomic E-state index is 5.64. The van der Waals surface area contributed by atoms with Crippen molar-refractivity contribution in [3.05, 3.63) is 0 Å². The molecule has 0 aromatic carbocycles. The molecule has 1 unspecified atom stereocenters. The first-order valence-electron chi connectivity index (χ1n) is 5.83. The van der Waals surface area contributed by atoms with Gasteiger partial charge in [-0.1, -0.05) is 31.7 Å². The fourth-order valence-corrected chi connectivity index (χ4v) is 5.50. The predicted octanol–water partition coefficient (Wildman–Crippen LogP) is 3.81. The van der Waals surface area contributed by atoms with Gasteiger partial charge in [-0.25, -0.2) is 0 Å². The smallest absolute Gasteiger partial charge is 0.211 e. The third-order valence-corrected chi connectivity index (χ3v) is 7.34. The molecule has 0 saturated heterocycles. The van der Waals surface area contributed by atoms with Crippen LogP contribution in [0.3, 0.4) is 0 Å². The first-order valence-corrected chi connectivity index (χ1v) is 10.1. The van der Waals surface area contributed by atoms with Crippen LogP contribution in [0.4, 0.5) is 0 Å². The topological polar surface area (TPSA) is 33.6 Å². The van der Waals surface area contributed by atoms with Crippen molar-refractivity contribution in [1.29, 1.82) is 0 Å². The van der Waals surface area contributed by atoms with Crippen molar-refractivity contribution in [3.63, 3.8) is 0 Å². The standard InChI is InChI=1S/C10H23N2OPS2/c1-4-7-9-16-14(15,13-6-3)12-10-11-8-5-2/h10H,4-9H2,1-3H3,(H,11,12,15). The van der Waals surface area contributed by atoms with E-state index in [-0.39, 0.29) is 0 Å². The number of rotatable bonds is 10. The van der Waals surface area contributed by atoms with Crippen LogP contribution < -0.4 is 5.09 Å². The quantitative estimate of drug-likeness (QED) is 0.286. The molecule has 0 aliphatic carbocycles. The summed E-state index contributed by atoms with van der Waals surface area (Å²) in [6.07, 6.45) is 5.15. The van der Waals surface area contributed by atoms with Crippen molar-refractivity contribution in [3.8, 4) is 0 Å². The summed E-state index contributed by atoms with van der Waals surface area (Å²) in [5, 5.41) is 3.17. The third kappa shape index (κ3) is 8.57. The van der Waals surface area contributed by atoms with Crippen molar-refractivity contribution >= 4 is 35.1 Å². The summed E-state index contributed by atoms with van der Waals surface area (Å²) in [5.41, 5.74) is -1.94. The Morgan fingerprint density at radius 3 is 2.69 bits per heavy atom. The monoisotopic (exact) mass is 282 g/mol. The van der Waals surface area contributed by atoms with E-state index < -0.39 is 5.62 Å². The molecular weight excluding hydrogens is 259 g/mol. The first kappa shape index (κ1) is 16.4. The number of unbranched alkanes of at least 4 members (excludes halogenated alkanes) is 1. The van der Waals surface area contributed by atoms with Crippen LogP contribution in [0.25, 0.3) is 0 Å². The molecule has 3 nitrogen and oxygen atoms in total. The summed E-state index contributed by atoms with van der Waals surface area (Å²) >= 11 is 7.25. The van der Waals surface area contributed by atoms with Crippen molar-refractivity contribution < 1.29 is 4.52 Å². The second-order valence-electron chi connectivity index (χ2n) is 3.27. The Bertz CT molecular complexity index is 237. The second kappa shape index (κ2) is 10.6. The molecule has 0 amide bonds. The second-order valence-corrected chi connectivity index (χ2v) is 10.00. The van der Waals surface area contributed by atoms with Crippen LogP contribution in [-0.4, -0.2) is 25.2 Å². The molecule has 0 aliphatic rings. The third-order valence-electron chi connectivity index (χ3n) is 1.72. The molecular formula is C10H23N2OPS2. The van der Waals surface area contributed by atoms with Crippen molar-refractivity contribution in [1.82, 2.24) is 5.09 Å². The van der Waals surface area contributed by atoms with Gasteiger partial charge in [0.25, 0.3) is 0 Å². The Hall–Kier alpha value is 0.430. The number of nitrogens with one attached hydrogen (secondary N) is 1. The van der Waals surface area contributed by atoms with Gasteiger partial charge in [0.1, 0.15) is 0 Å². The van der Waals surface area contributed by atoms with Gasteiger partial charge in [0, 0.05) is 12.3 Å². The molecule has 1 atom stereocenters. The molecule has 0 heterocycles. The van der Waals surface area contributed by atoms with Crippen LogP contribution in [0.2, 0.25) is 0 Å². The minimum Gasteiger partial charge on any atom is -0.327 e. The molecule has 6 heteroatoms. The maximum atomic E-state index is 5.64. The van der Waals surface area contributed by atoms with Crippen molar-refractivity contribution in [2.45, 2.75) is 40.0 Å². The average Bonchev–Trinajstić information content (AvgIpc) is 2.25. The van der Waals surface area contributed by atoms with Crippen molar-refractivity contribution in [2.24, 2.45) is 4.99 Å². The van der Waals surface area contributed by atoms with E-state index >= 15 is 0 Å². The lowest BCUT2D eigenvalue weighted by Crippen LogP contribution is -2.08. The lowest BCUT2D eigenvalue weighted by molar-refractivity contribution is 0.383. The van der Waals surface area contributed by atoms with Gasteiger partial charge in [-0.3, -0.25) is 4.99 Å². The predicted molar refractivity (Wildman–Crippen MR) is 80.1 cm³/mol. The minimum atomic E-state index is -1.94. The molecule has 0 spiro atoms. The Labute approximate surface area is 109 Å². The fourth-order valence-electron chi connectivity index (χ4n) is 0.916. The Morgan fingerprint density at radius 1 is 1.38 bits per heavy atom. The molecule has 0 radical (unpaired) electrons. The molecule has 96 valence electrons. The molecule has 0 aromatic heterocycles. The van der Waals surface area contributed by atoms with Gasteiger partial charge in [0.15, 0.2) is 0 Å². The van der Waals surface area contributed by atoms with E-state index in [0.717, 1.165) is 18.7 Å². The Balaban J connectivity index is 4.05. The summed E-state index contributed by atoms with van der Waals surface area (Å²) in [6, 6.07) is 0. The Kier molecular flexibility index (Phi) is 10.9. The van der Waals surface area contributed by atoms with E-state index in [9.17, 15) is 0 Å². The van der Waals surface area contributed by atoms with Crippen LogP contribution in [0, 0.1) is 0 Å². The minimum absolute atomic E-state index is 0.658. The van der Waals surface area contributed by atoms with E-state index in [4.69, 9.17) is 16.3 Å².